The molecular weight excluding hydrogens is 472 g/mol. The summed E-state index contributed by atoms with van der Waals surface area (Å²) in [5, 5.41) is 4.35. The maximum atomic E-state index is 12.9. The van der Waals surface area contributed by atoms with E-state index in [1.54, 1.807) is 18.2 Å². The number of anilines is 1. The lowest BCUT2D eigenvalue weighted by atomic mass is 10.0. The van der Waals surface area contributed by atoms with E-state index in [-0.39, 0.29) is 5.91 Å². The third kappa shape index (κ3) is 6.22. The van der Waals surface area contributed by atoms with Crippen molar-refractivity contribution in [3.63, 3.8) is 0 Å². The second kappa shape index (κ2) is 11.2. The summed E-state index contributed by atoms with van der Waals surface area (Å²) in [4.78, 5) is 29.0. The van der Waals surface area contributed by atoms with E-state index in [9.17, 15) is 9.59 Å². The Balaban J connectivity index is 1.12. The molecule has 1 heterocycles. The maximum absolute atomic E-state index is 12.9. The van der Waals surface area contributed by atoms with Gasteiger partial charge in [-0.15, -0.1) is 0 Å². The molecule has 2 aromatic carbocycles. The van der Waals surface area contributed by atoms with Crippen molar-refractivity contribution in [2.24, 2.45) is 17.6 Å². The number of aryl methyl sites for hydroxylation is 1. The van der Waals surface area contributed by atoms with Gasteiger partial charge in [0.1, 0.15) is 0 Å². The maximum Gasteiger partial charge on any atom is 0.249 e. The summed E-state index contributed by atoms with van der Waals surface area (Å²) in [6.45, 7) is 4.11. The van der Waals surface area contributed by atoms with Gasteiger partial charge in [-0.2, -0.15) is 0 Å². The van der Waals surface area contributed by atoms with Gasteiger partial charge in [-0.3, -0.25) is 9.59 Å². The summed E-state index contributed by atoms with van der Waals surface area (Å²) in [5.74, 6) is 1.43. The summed E-state index contributed by atoms with van der Waals surface area (Å²) in [5.41, 5.74) is 9.34. The number of benzene rings is 2. The van der Waals surface area contributed by atoms with Crippen LogP contribution in [0.4, 0.5) is 5.69 Å². The molecule has 0 bridgehead atoms. The van der Waals surface area contributed by atoms with Gasteiger partial charge in [0, 0.05) is 54.9 Å². The van der Waals surface area contributed by atoms with Crippen LogP contribution >= 0.6 is 11.6 Å². The van der Waals surface area contributed by atoms with Crippen LogP contribution in [-0.4, -0.2) is 55.5 Å². The molecular formula is C29H37ClN4O2. The fourth-order valence-electron chi connectivity index (χ4n) is 5.63. The Morgan fingerprint density at radius 3 is 2.31 bits per heavy atom. The molecule has 2 aromatic rings. The number of para-hydroxylation sites is 1. The van der Waals surface area contributed by atoms with Crippen molar-refractivity contribution >= 4 is 29.1 Å². The molecule has 2 aliphatic carbocycles. The summed E-state index contributed by atoms with van der Waals surface area (Å²) >= 11 is 6.00. The highest BCUT2D eigenvalue weighted by Crippen LogP contribution is 2.44. The standard InChI is InChI=1S/C29H37ClN4O2/c30-24-11-9-20(25(19-24)29(31)36)10-12-27(35)34-17-15-33(16-18-34)26-4-2-1-3-21(26)13-14-32-28(22-5-6-22)23-7-8-23/h1-4,9,11,19,22-23,28,32H,5-8,10,12-18H2,(H2,31,36). The van der Waals surface area contributed by atoms with Crippen molar-refractivity contribution in [2.45, 2.75) is 51.0 Å². The normalized spacial score (nSPS) is 18.1. The predicted octanol–water partition coefficient (Wildman–Crippen LogP) is 4.04. The zero-order valence-electron chi connectivity index (χ0n) is 20.9. The van der Waals surface area contributed by atoms with Gasteiger partial charge in [0.05, 0.1) is 0 Å². The number of carbonyl (C=O) groups is 2. The average molecular weight is 509 g/mol. The molecule has 0 unspecified atom stereocenters. The second-order valence-corrected chi connectivity index (χ2v) is 11.0. The second-order valence-electron chi connectivity index (χ2n) is 10.6. The lowest BCUT2D eigenvalue weighted by molar-refractivity contribution is -0.131. The SMILES string of the molecule is NC(=O)c1cc(Cl)ccc1CCC(=O)N1CCN(c2ccccc2CCNC(C2CC2)C2CC2)CC1. The number of nitrogens with zero attached hydrogens (tertiary/aromatic N) is 2. The summed E-state index contributed by atoms with van der Waals surface area (Å²) in [6.07, 6.45) is 7.48. The topological polar surface area (TPSA) is 78.7 Å². The van der Waals surface area contributed by atoms with Gasteiger partial charge < -0.3 is 20.9 Å². The van der Waals surface area contributed by atoms with Gasteiger partial charge >= 0.3 is 0 Å². The number of nitrogens with two attached hydrogens (primary N) is 1. The number of hydrogen-bond donors (Lipinski definition) is 2. The van der Waals surface area contributed by atoms with Crippen LogP contribution < -0.4 is 16.0 Å². The minimum Gasteiger partial charge on any atom is -0.368 e. The number of nitrogens with one attached hydrogen (secondary N) is 1. The first-order valence-electron chi connectivity index (χ1n) is 13.4. The first-order chi connectivity index (χ1) is 17.5. The third-order valence-corrected chi connectivity index (χ3v) is 8.18. The Morgan fingerprint density at radius 2 is 1.64 bits per heavy atom. The lowest BCUT2D eigenvalue weighted by Gasteiger charge is -2.37. The number of amides is 2. The van der Waals surface area contributed by atoms with Crippen molar-refractivity contribution in [1.29, 1.82) is 0 Å². The van der Waals surface area contributed by atoms with E-state index >= 15 is 0 Å². The third-order valence-electron chi connectivity index (χ3n) is 7.94. The van der Waals surface area contributed by atoms with Crippen LogP contribution in [0.5, 0.6) is 0 Å². The number of halogens is 1. The van der Waals surface area contributed by atoms with Crippen molar-refractivity contribution in [3.05, 3.63) is 64.2 Å². The highest BCUT2D eigenvalue weighted by Gasteiger charge is 2.40. The highest BCUT2D eigenvalue weighted by molar-refractivity contribution is 6.31. The van der Waals surface area contributed by atoms with E-state index in [1.165, 1.54) is 36.9 Å². The van der Waals surface area contributed by atoms with Crippen LogP contribution in [0, 0.1) is 11.8 Å². The largest absolute Gasteiger partial charge is 0.368 e. The fourth-order valence-corrected chi connectivity index (χ4v) is 5.80. The van der Waals surface area contributed by atoms with Gasteiger partial charge in [0.25, 0.3) is 0 Å². The minimum absolute atomic E-state index is 0.115. The van der Waals surface area contributed by atoms with Crippen molar-refractivity contribution in [3.8, 4) is 0 Å². The first kappa shape index (κ1) is 25.1. The van der Waals surface area contributed by atoms with E-state index in [2.05, 4.69) is 34.5 Å². The molecule has 36 heavy (non-hydrogen) atoms. The zero-order chi connectivity index (χ0) is 25.1. The average Bonchev–Trinajstić information content (AvgIpc) is 3.81. The molecule has 1 saturated heterocycles. The molecule has 0 radical (unpaired) electrons. The van der Waals surface area contributed by atoms with Gasteiger partial charge in [0.2, 0.25) is 11.8 Å². The molecule has 2 amide bonds. The van der Waals surface area contributed by atoms with Crippen molar-refractivity contribution < 1.29 is 9.59 Å². The monoisotopic (exact) mass is 508 g/mol. The molecule has 7 heteroatoms. The van der Waals surface area contributed by atoms with E-state index < -0.39 is 5.91 Å². The molecule has 0 aromatic heterocycles. The van der Waals surface area contributed by atoms with Crippen molar-refractivity contribution in [2.75, 3.05) is 37.6 Å². The Morgan fingerprint density at radius 1 is 0.944 bits per heavy atom. The van der Waals surface area contributed by atoms with E-state index in [0.29, 0.717) is 36.5 Å². The minimum atomic E-state index is -0.516. The van der Waals surface area contributed by atoms with Gasteiger partial charge in [-0.05, 0) is 86.2 Å². The van der Waals surface area contributed by atoms with Crippen LogP contribution in [0.2, 0.25) is 5.02 Å². The van der Waals surface area contributed by atoms with Gasteiger partial charge in [-0.25, -0.2) is 0 Å². The summed E-state index contributed by atoms with van der Waals surface area (Å²) in [6, 6.07) is 14.6. The molecule has 6 nitrogen and oxygen atoms in total. The molecule has 192 valence electrons. The molecule has 3 fully saturated rings. The molecule has 3 aliphatic rings. The number of piperazine rings is 1. The van der Waals surface area contributed by atoms with E-state index in [4.69, 9.17) is 17.3 Å². The molecule has 3 N–H and O–H groups in total. The summed E-state index contributed by atoms with van der Waals surface area (Å²) < 4.78 is 0. The smallest absolute Gasteiger partial charge is 0.249 e. The number of primary amides is 1. The molecule has 5 rings (SSSR count). The predicted molar refractivity (Wildman–Crippen MR) is 144 cm³/mol. The Hall–Kier alpha value is -2.57. The zero-order valence-corrected chi connectivity index (χ0v) is 21.7. The molecule has 2 saturated carbocycles. The quantitative estimate of drug-likeness (QED) is 0.480. The lowest BCUT2D eigenvalue weighted by Crippen LogP contribution is -2.49. The van der Waals surface area contributed by atoms with Gasteiger partial charge in [0.15, 0.2) is 0 Å². The fraction of sp³-hybridized carbons (Fsp3) is 0.517. The highest BCUT2D eigenvalue weighted by atomic mass is 35.5. The first-order valence-corrected chi connectivity index (χ1v) is 13.8. The van der Waals surface area contributed by atoms with E-state index in [0.717, 1.165) is 49.5 Å². The van der Waals surface area contributed by atoms with Crippen LogP contribution in [-0.2, 0) is 17.6 Å². The Bertz CT molecular complexity index is 1080. The molecule has 1 aliphatic heterocycles. The van der Waals surface area contributed by atoms with Crippen LogP contribution in [0.15, 0.2) is 42.5 Å². The summed E-state index contributed by atoms with van der Waals surface area (Å²) in [7, 11) is 0. The number of rotatable bonds is 11. The van der Waals surface area contributed by atoms with E-state index in [1.807, 2.05) is 4.90 Å². The van der Waals surface area contributed by atoms with Crippen LogP contribution in [0.3, 0.4) is 0 Å². The number of carbonyl (C=O) groups excluding carboxylic acids is 2. The Kier molecular flexibility index (Phi) is 7.82. The molecule has 0 atom stereocenters. The van der Waals surface area contributed by atoms with Gasteiger partial charge in [-0.1, -0.05) is 35.9 Å². The number of hydrogen-bond acceptors (Lipinski definition) is 4. The van der Waals surface area contributed by atoms with Crippen molar-refractivity contribution in [1.82, 2.24) is 10.2 Å². The molecule has 0 spiro atoms. The van der Waals surface area contributed by atoms with Crippen LogP contribution in [0.25, 0.3) is 0 Å². The Labute approximate surface area is 219 Å². The van der Waals surface area contributed by atoms with Crippen LogP contribution in [0.1, 0.15) is 53.6 Å².